The molecule has 0 bridgehead atoms. The van der Waals surface area contributed by atoms with E-state index in [-0.39, 0.29) is 24.8 Å². The lowest BCUT2D eigenvalue weighted by atomic mass is 10.2. The molecule has 2 amide bonds. The summed E-state index contributed by atoms with van der Waals surface area (Å²) in [7, 11) is 0. The average Bonchev–Trinajstić information content (AvgIpc) is 3.28. The summed E-state index contributed by atoms with van der Waals surface area (Å²) in [4.78, 5) is 33.0. The van der Waals surface area contributed by atoms with E-state index < -0.39 is 5.91 Å². The first-order chi connectivity index (χ1) is 14.1. The number of aromatic nitrogens is 3. The highest BCUT2D eigenvalue weighted by molar-refractivity contribution is 6.39. The number of hydrogen-bond donors (Lipinski definition) is 2. The van der Waals surface area contributed by atoms with E-state index in [1.807, 2.05) is 49.4 Å². The van der Waals surface area contributed by atoms with Crippen LogP contribution < -0.4 is 15.8 Å². The summed E-state index contributed by atoms with van der Waals surface area (Å²) in [5, 5.41) is 8.29. The van der Waals surface area contributed by atoms with Crippen molar-refractivity contribution in [3.05, 3.63) is 72.2 Å². The van der Waals surface area contributed by atoms with E-state index in [0.29, 0.717) is 11.5 Å². The van der Waals surface area contributed by atoms with Gasteiger partial charge in [0.1, 0.15) is 6.54 Å². The number of amidine groups is 1. The predicted octanol–water partition coefficient (Wildman–Crippen LogP) is 1.14. The third kappa shape index (κ3) is 4.13. The Balaban J connectivity index is 1.41. The summed E-state index contributed by atoms with van der Waals surface area (Å²) in [5.41, 5.74) is 5.40. The van der Waals surface area contributed by atoms with Gasteiger partial charge in [-0.25, -0.2) is 14.7 Å². The second-order valence-corrected chi connectivity index (χ2v) is 6.50. The molecule has 3 aromatic rings. The number of benzene rings is 1. The van der Waals surface area contributed by atoms with Crippen LogP contribution in [0.1, 0.15) is 11.1 Å². The number of carbonyl (C=O) groups excluding carboxylic acids is 2. The van der Waals surface area contributed by atoms with Crippen molar-refractivity contribution in [3.8, 4) is 5.82 Å². The minimum Gasteiger partial charge on any atom is -0.345 e. The van der Waals surface area contributed by atoms with Crippen molar-refractivity contribution >= 4 is 23.3 Å². The fourth-order valence-corrected chi connectivity index (χ4v) is 2.81. The number of aryl methyl sites for hydroxylation is 1. The van der Waals surface area contributed by atoms with Gasteiger partial charge in [0.15, 0.2) is 5.82 Å². The van der Waals surface area contributed by atoms with Gasteiger partial charge in [0.2, 0.25) is 5.84 Å². The second kappa shape index (κ2) is 7.93. The molecule has 9 heteroatoms. The number of hydrogen-bond acceptors (Lipinski definition) is 6. The fraction of sp³-hybridized carbons (Fsp3) is 0.150. The highest BCUT2D eigenvalue weighted by atomic mass is 16.2. The molecule has 0 saturated heterocycles. The van der Waals surface area contributed by atoms with Crippen LogP contribution in [0.3, 0.4) is 0 Å². The smallest absolute Gasteiger partial charge is 0.288 e. The Morgan fingerprint density at radius 1 is 1.21 bits per heavy atom. The third-order valence-corrected chi connectivity index (χ3v) is 4.35. The minimum atomic E-state index is -0.396. The number of anilines is 1. The van der Waals surface area contributed by atoms with E-state index in [0.717, 1.165) is 11.1 Å². The van der Waals surface area contributed by atoms with E-state index in [1.54, 1.807) is 23.3 Å². The molecule has 0 atom stereocenters. The second-order valence-electron chi connectivity index (χ2n) is 6.50. The maximum Gasteiger partial charge on any atom is 0.288 e. The normalized spacial score (nSPS) is 13.6. The first kappa shape index (κ1) is 18.4. The summed E-state index contributed by atoms with van der Waals surface area (Å²) < 4.78 is 1.64. The van der Waals surface area contributed by atoms with Crippen molar-refractivity contribution in [3.63, 3.8) is 0 Å². The monoisotopic (exact) mass is 389 g/mol. The zero-order valence-corrected chi connectivity index (χ0v) is 15.7. The molecule has 0 saturated carbocycles. The minimum absolute atomic E-state index is 0.0894. The lowest BCUT2D eigenvalue weighted by Gasteiger charge is -2.27. The van der Waals surface area contributed by atoms with Crippen LogP contribution in [0.5, 0.6) is 0 Å². The van der Waals surface area contributed by atoms with Crippen LogP contribution in [0, 0.1) is 6.92 Å². The Bertz CT molecular complexity index is 1060. The van der Waals surface area contributed by atoms with Crippen LogP contribution in [0.4, 0.5) is 5.69 Å². The molecule has 1 aromatic carbocycles. The number of amides is 2. The molecule has 1 aliphatic rings. The van der Waals surface area contributed by atoms with Gasteiger partial charge < -0.3 is 5.32 Å². The molecule has 0 spiro atoms. The highest BCUT2D eigenvalue weighted by Gasteiger charge is 2.25. The Kier molecular flexibility index (Phi) is 5.02. The number of hydrazine groups is 1. The highest BCUT2D eigenvalue weighted by Crippen LogP contribution is 2.15. The van der Waals surface area contributed by atoms with E-state index in [4.69, 9.17) is 0 Å². The molecule has 2 N–H and O–H groups in total. The van der Waals surface area contributed by atoms with Gasteiger partial charge in [-0.15, -0.1) is 0 Å². The van der Waals surface area contributed by atoms with Crippen molar-refractivity contribution < 1.29 is 9.59 Å². The van der Waals surface area contributed by atoms with Gasteiger partial charge in [0.05, 0.1) is 5.69 Å². The van der Waals surface area contributed by atoms with Gasteiger partial charge in [-0.1, -0.05) is 17.7 Å². The molecule has 146 valence electrons. The molecule has 0 aliphatic carbocycles. The van der Waals surface area contributed by atoms with Gasteiger partial charge in [0, 0.05) is 25.1 Å². The third-order valence-electron chi connectivity index (χ3n) is 4.35. The first-order valence-corrected chi connectivity index (χ1v) is 9.04. The van der Waals surface area contributed by atoms with Crippen LogP contribution in [-0.2, 0) is 16.1 Å². The lowest BCUT2D eigenvalue weighted by Crippen LogP contribution is -2.55. The first-order valence-electron chi connectivity index (χ1n) is 9.04. The summed E-state index contributed by atoms with van der Waals surface area (Å²) in [6.45, 7) is 2.16. The molecule has 3 heterocycles. The predicted molar refractivity (Wildman–Crippen MR) is 107 cm³/mol. The Morgan fingerprint density at radius 3 is 2.79 bits per heavy atom. The Labute approximate surface area is 167 Å². The van der Waals surface area contributed by atoms with Crippen molar-refractivity contribution in [1.82, 2.24) is 25.5 Å². The molecule has 0 unspecified atom stereocenters. The van der Waals surface area contributed by atoms with Crippen LogP contribution in [0.15, 0.2) is 66.0 Å². The maximum absolute atomic E-state index is 12.5. The van der Waals surface area contributed by atoms with Crippen LogP contribution in [-0.4, -0.2) is 39.0 Å². The Hall–Kier alpha value is -4.01. The molecule has 0 fully saturated rings. The number of carbonyl (C=O) groups is 2. The van der Waals surface area contributed by atoms with Gasteiger partial charge in [-0.3, -0.25) is 20.0 Å². The van der Waals surface area contributed by atoms with E-state index >= 15 is 0 Å². The van der Waals surface area contributed by atoms with Crippen LogP contribution in [0.2, 0.25) is 0 Å². The van der Waals surface area contributed by atoms with E-state index in [2.05, 4.69) is 25.8 Å². The zero-order chi connectivity index (χ0) is 20.2. The van der Waals surface area contributed by atoms with Crippen LogP contribution >= 0.6 is 0 Å². The SMILES string of the molecule is Cc1ccc(N2NC(C(=O)NCc3ccnc(-n4cccn4)c3)=NCC2=O)cc1. The molecule has 4 rings (SSSR count). The largest absolute Gasteiger partial charge is 0.345 e. The summed E-state index contributed by atoms with van der Waals surface area (Å²) in [6, 6.07) is 12.9. The summed E-state index contributed by atoms with van der Waals surface area (Å²) >= 11 is 0. The number of nitrogens with zero attached hydrogens (tertiary/aromatic N) is 5. The quantitative estimate of drug-likeness (QED) is 0.681. The Morgan fingerprint density at radius 2 is 2.03 bits per heavy atom. The lowest BCUT2D eigenvalue weighted by molar-refractivity contribution is -0.118. The van der Waals surface area contributed by atoms with Crippen LogP contribution in [0.25, 0.3) is 5.82 Å². The number of aliphatic imine (C=N–C) groups is 1. The van der Waals surface area contributed by atoms with Crippen molar-refractivity contribution in [1.29, 1.82) is 0 Å². The van der Waals surface area contributed by atoms with Crippen molar-refractivity contribution in [2.24, 2.45) is 4.99 Å². The van der Waals surface area contributed by atoms with E-state index in [9.17, 15) is 9.59 Å². The van der Waals surface area contributed by atoms with Gasteiger partial charge >= 0.3 is 0 Å². The van der Waals surface area contributed by atoms with Crippen molar-refractivity contribution in [2.75, 3.05) is 11.6 Å². The number of rotatable bonds is 5. The zero-order valence-electron chi connectivity index (χ0n) is 15.7. The topological polar surface area (TPSA) is 105 Å². The van der Waals surface area contributed by atoms with Gasteiger partial charge in [-0.05, 0) is 42.8 Å². The maximum atomic E-state index is 12.5. The standard InChI is InChI=1S/C20H19N7O2/c1-14-3-5-16(6-4-14)27-18(28)13-22-19(25-27)20(29)23-12-15-7-9-21-17(11-15)26-10-2-8-24-26/h2-11H,12-13H2,1H3,(H,22,25)(H,23,29). The number of pyridine rings is 1. The summed E-state index contributed by atoms with van der Waals surface area (Å²) in [6.07, 6.45) is 5.12. The molecular formula is C20H19N7O2. The summed E-state index contributed by atoms with van der Waals surface area (Å²) in [5.74, 6) is 0.119. The van der Waals surface area contributed by atoms with E-state index in [1.165, 1.54) is 5.01 Å². The van der Waals surface area contributed by atoms with Gasteiger partial charge in [0.25, 0.3) is 11.8 Å². The molecule has 9 nitrogen and oxygen atoms in total. The van der Waals surface area contributed by atoms with Crippen molar-refractivity contribution in [2.45, 2.75) is 13.5 Å². The molecule has 1 aliphatic heterocycles. The van der Waals surface area contributed by atoms with Gasteiger partial charge in [-0.2, -0.15) is 5.10 Å². The fourth-order valence-electron chi connectivity index (χ4n) is 2.81. The molecule has 29 heavy (non-hydrogen) atoms. The average molecular weight is 389 g/mol. The molecule has 2 aromatic heterocycles. The number of nitrogens with one attached hydrogen (secondary N) is 2. The molecular weight excluding hydrogens is 370 g/mol. The molecule has 0 radical (unpaired) electrons.